The van der Waals surface area contributed by atoms with Crippen molar-refractivity contribution in [3.8, 4) is 0 Å². The van der Waals surface area contributed by atoms with Crippen LogP contribution in [0.1, 0.15) is 45.1 Å². The molecule has 4 nitrogen and oxygen atoms in total. The zero-order chi connectivity index (χ0) is 16.4. The Morgan fingerprint density at radius 1 is 1.43 bits per heavy atom. The summed E-state index contributed by atoms with van der Waals surface area (Å²) >= 11 is 0. The van der Waals surface area contributed by atoms with Gasteiger partial charge in [-0.2, -0.15) is 0 Å². The van der Waals surface area contributed by atoms with Crippen LogP contribution >= 0.6 is 0 Å². The molecule has 1 amide bonds. The summed E-state index contributed by atoms with van der Waals surface area (Å²) in [4.78, 5) is 15.0. The van der Waals surface area contributed by atoms with Gasteiger partial charge >= 0.3 is 0 Å². The van der Waals surface area contributed by atoms with Gasteiger partial charge in [0.15, 0.2) is 0 Å². The standard InChI is InChI=1S/C19H29N3O/c1-14(22-12-10-15-7-3-4-9-17(15)22)13-21-18(23)16-8-5-6-11-19(16,2)20/h3-4,7,9,14,16H,5-6,8,10-13,20H2,1-2H3,(H,21,23). The number of nitrogens with two attached hydrogens (primary N) is 1. The van der Waals surface area contributed by atoms with E-state index in [0.717, 1.165) is 38.6 Å². The summed E-state index contributed by atoms with van der Waals surface area (Å²) < 4.78 is 0. The minimum absolute atomic E-state index is 0.0469. The average Bonchev–Trinajstić information content (AvgIpc) is 2.96. The number of nitrogens with one attached hydrogen (secondary N) is 1. The normalized spacial score (nSPS) is 28.3. The maximum atomic E-state index is 12.6. The van der Waals surface area contributed by atoms with Gasteiger partial charge in [-0.05, 0) is 44.7 Å². The Bertz CT molecular complexity index is 569. The smallest absolute Gasteiger partial charge is 0.225 e. The number of carbonyl (C=O) groups excluding carboxylic acids is 1. The third kappa shape index (κ3) is 3.37. The number of benzene rings is 1. The van der Waals surface area contributed by atoms with Crippen LogP contribution in [0.15, 0.2) is 24.3 Å². The molecule has 1 aromatic rings. The highest BCUT2D eigenvalue weighted by Crippen LogP contribution is 2.32. The summed E-state index contributed by atoms with van der Waals surface area (Å²) in [6, 6.07) is 8.86. The molecule has 0 spiro atoms. The Labute approximate surface area is 139 Å². The fourth-order valence-electron chi connectivity index (χ4n) is 4.09. The second-order valence-corrected chi connectivity index (χ2v) is 7.47. The number of fused-ring (bicyclic) bond motifs is 1. The van der Waals surface area contributed by atoms with Gasteiger partial charge in [-0.25, -0.2) is 0 Å². The lowest BCUT2D eigenvalue weighted by atomic mass is 9.74. The van der Waals surface area contributed by atoms with Gasteiger partial charge in [-0.1, -0.05) is 31.0 Å². The lowest BCUT2D eigenvalue weighted by molar-refractivity contribution is -0.128. The molecule has 1 heterocycles. The number of hydrogen-bond acceptors (Lipinski definition) is 3. The van der Waals surface area contributed by atoms with E-state index in [4.69, 9.17) is 5.73 Å². The molecule has 126 valence electrons. The van der Waals surface area contributed by atoms with E-state index in [1.165, 1.54) is 11.3 Å². The molecule has 3 unspecified atom stereocenters. The van der Waals surface area contributed by atoms with Crippen molar-refractivity contribution in [3.05, 3.63) is 29.8 Å². The van der Waals surface area contributed by atoms with Crippen LogP contribution in [-0.2, 0) is 11.2 Å². The van der Waals surface area contributed by atoms with Gasteiger partial charge in [-0.3, -0.25) is 4.79 Å². The summed E-state index contributed by atoms with van der Waals surface area (Å²) in [5.74, 6) is 0.0864. The SMILES string of the molecule is CC(CNC(=O)C1CCCCC1(C)N)N1CCc2ccccc21. The minimum Gasteiger partial charge on any atom is -0.366 e. The molecule has 4 heteroatoms. The van der Waals surface area contributed by atoms with Gasteiger partial charge < -0.3 is 16.0 Å². The van der Waals surface area contributed by atoms with E-state index in [1.807, 2.05) is 6.92 Å². The van der Waals surface area contributed by atoms with Gasteiger partial charge in [0, 0.05) is 30.4 Å². The molecule has 23 heavy (non-hydrogen) atoms. The number of hydrogen-bond donors (Lipinski definition) is 2. The Balaban J connectivity index is 1.57. The minimum atomic E-state index is -0.355. The van der Waals surface area contributed by atoms with Crippen LogP contribution < -0.4 is 16.0 Å². The highest BCUT2D eigenvalue weighted by molar-refractivity contribution is 5.80. The first-order valence-electron chi connectivity index (χ1n) is 8.90. The predicted molar refractivity (Wildman–Crippen MR) is 94.5 cm³/mol. The Morgan fingerprint density at radius 2 is 2.22 bits per heavy atom. The largest absolute Gasteiger partial charge is 0.366 e. The van der Waals surface area contributed by atoms with Gasteiger partial charge in [0.05, 0.1) is 5.92 Å². The van der Waals surface area contributed by atoms with Crippen molar-refractivity contribution in [1.29, 1.82) is 0 Å². The number of amides is 1. The number of para-hydroxylation sites is 1. The lowest BCUT2D eigenvalue weighted by Gasteiger charge is -2.37. The molecule has 2 aliphatic rings. The van der Waals surface area contributed by atoms with Crippen molar-refractivity contribution in [2.75, 3.05) is 18.0 Å². The summed E-state index contributed by atoms with van der Waals surface area (Å²) in [5.41, 5.74) is 8.71. The first kappa shape index (κ1) is 16.3. The van der Waals surface area contributed by atoms with Gasteiger partial charge in [-0.15, -0.1) is 0 Å². The Morgan fingerprint density at radius 3 is 3.00 bits per heavy atom. The number of anilines is 1. The van der Waals surface area contributed by atoms with E-state index < -0.39 is 0 Å². The Hall–Kier alpha value is -1.55. The van der Waals surface area contributed by atoms with Crippen molar-refractivity contribution in [1.82, 2.24) is 5.32 Å². The van der Waals surface area contributed by atoms with E-state index in [-0.39, 0.29) is 17.4 Å². The highest BCUT2D eigenvalue weighted by atomic mass is 16.1. The predicted octanol–water partition coefficient (Wildman–Crippen LogP) is 2.46. The first-order valence-corrected chi connectivity index (χ1v) is 8.90. The molecule has 1 saturated carbocycles. The molecular formula is C19H29N3O. The number of carbonyl (C=O) groups is 1. The molecule has 0 saturated heterocycles. The molecule has 1 fully saturated rings. The topological polar surface area (TPSA) is 58.4 Å². The third-order valence-electron chi connectivity index (χ3n) is 5.60. The molecule has 1 aliphatic heterocycles. The molecule has 3 atom stereocenters. The maximum absolute atomic E-state index is 12.6. The fraction of sp³-hybridized carbons (Fsp3) is 0.632. The second kappa shape index (κ2) is 6.52. The van der Waals surface area contributed by atoms with E-state index in [1.54, 1.807) is 0 Å². The van der Waals surface area contributed by atoms with Crippen LogP contribution in [0.4, 0.5) is 5.69 Å². The first-order chi connectivity index (χ1) is 11.0. The van der Waals surface area contributed by atoms with Gasteiger partial charge in [0.1, 0.15) is 0 Å². The Kier molecular flexibility index (Phi) is 4.62. The second-order valence-electron chi connectivity index (χ2n) is 7.47. The molecule has 3 rings (SSSR count). The van der Waals surface area contributed by atoms with Crippen LogP contribution in [0, 0.1) is 5.92 Å². The van der Waals surface area contributed by atoms with Crippen molar-refractivity contribution < 1.29 is 4.79 Å². The van der Waals surface area contributed by atoms with Crippen LogP contribution in [0.2, 0.25) is 0 Å². The molecule has 0 aromatic heterocycles. The highest BCUT2D eigenvalue weighted by Gasteiger charge is 2.37. The van der Waals surface area contributed by atoms with Gasteiger partial charge in [0.2, 0.25) is 5.91 Å². The zero-order valence-electron chi connectivity index (χ0n) is 14.3. The number of rotatable bonds is 4. The third-order valence-corrected chi connectivity index (χ3v) is 5.60. The summed E-state index contributed by atoms with van der Waals surface area (Å²) in [6.45, 7) is 5.93. The van der Waals surface area contributed by atoms with E-state index in [2.05, 4.69) is 41.4 Å². The fourth-order valence-corrected chi connectivity index (χ4v) is 4.09. The molecule has 0 bridgehead atoms. The molecule has 1 aliphatic carbocycles. The molecule has 0 radical (unpaired) electrons. The van der Waals surface area contributed by atoms with E-state index in [9.17, 15) is 4.79 Å². The summed E-state index contributed by atoms with van der Waals surface area (Å²) in [5, 5.41) is 3.15. The monoisotopic (exact) mass is 315 g/mol. The van der Waals surface area contributed by atoms with Crippen LogP contribution in [-0.4, -0.2) is 30.6 Å². The van der Waals surface area contributed by atoms with Crippen molar-refractivity contribution in [2.24, 2.45) is 11.7 Å². The summed E-state index contributed by atoms with van der Waals surface area (Å²) in [7, 11) is 0. The van der Waals surface area contributed by atoms with Crippen LogP contribution in [0.25, 0.3) is 0 Å². The quantitative estimate of drug-likeness (QED) is 0.897. The van der Waals surface area contributed by atoms with Crippen molar-refractivity contribution in [3.63, 3.8) is 0 Å². The zero-order valence-corrected chi connectivity index (χ0v) is 14.3. The molecule has 3 N–H and O–H groups in total. The van der Waals surface area contributed by atoms with Gasteiger partial charge in [0.25, 0.3) is 0 Å². The van der Waals surface area contributed by atoms with Crippen molar-refractivity contribution >= 4 is 11.6 Å². The van der Waals surface area contributed by atoms with Crippen LogP contribution in [0.5, 0.6) is 0 Å². The summed E-state index contributed by atoms with van der Waals surface area (Å²) in [6.07, 6.45) is 5.20. The van der Waals surface area contributed by atoms with E-state index in [0.29, 0.717) is 12.6 Å². The van der Waals surface area contributed by atoms with Crippen molar-refractivity contribution in [2.45, 2.75) is 57.5 Å². The average molecular weight is 315 g/mol. The molecular weight excluding hydrogens is 286 g/mol. The maximum Gasteiger partial charge on any atom is 0.225 e. The molecule has 1 aromatic carbocycles. The van der Waals surface area contributed by atoms with Crippen LogP contribution in [0.3, 0.4) is 0 Å². The number of nitrogens with zero attached hydrogens (tertiary/aromatic N) is 1. The van der Waals surface area contributed by atoms with E-state index >= 15 is 0 Å². The lowest BCUT2D eigenvalue weighted by Crippen LogP contribution is -2.54.